The molecule has 1 amide bonds. The molecule has 0 fully saturated rings. The van der Waals surface area contributed by atoms with Gasteiger partial charge in [0.2, 0.25) is 5.91 Å². The zero-order valence-electron chi connectivity index (χ0n) is 15.2. The summed E-state index contributed by atoms with van der Waals surface area (Å²) in [5.74, 6) is -0.249. The van der Waals surface area contributed by atoms with Crippen LogP contribution in [0.15, 0.2) is 42.5 Å². The number of fused-ring (bicyclic) bond motifs is 1. The number of thioether (sulfide) groups is 1. The standard InChI is InChI=1S/C20H18F3NO3S/c1-11(25)28-18-16(12-3-6-15(27-2)7-4-12)10-13-9-14(20(21,22)23)5-8-17(13)24-19(18)26/h3-9,16,18H,10H2,1-2H3,(H,24,26)/t16-,18+/m0/s1. The van der Waals surface area contributed by atoms with Crippen LogP contribution in [0.4, 0.5) is 18.9 Å². The number of alkyl halides is 3. The molecule has 148 valence electrons. The number of hydrogen-bond acceptors (Lipinski definition) is 4. The third-order valence-electron chi connectivity index (χ3n) is 4.59. The van der Waals surface area contributed by atoms with Crippen LogP contribution in [0.3, 0.4) is 0 Å². The van der Waals surface area contributed by atoms with E-state index in [-0.39, 0.29) is 11.5 Å². The molecule has 2 aromatic carbocycles. The van der Waals surface area contributed by atoms with Crippen molar-refractivity contribution in [3.63, 3.8) is 0 Å². The molecule has 1 N–H and O–H groups in total. The molecule has 4 nitrogen and oxygen atoms in total. The number of halogens is 3. The van der Waals surface area contributed by atoms with E-state index < -0.39 is 28.8 Å². The highest BCUT2D eigenvalue weighted by Gasteiger charge is 2.37. The van der Waals surface area contributed by atoms with Crippen LogP contribution >= 0.6 is 11.8 Å². The van der Waals surface area contributed by atoms with E-state index >= 15 is 0 Å². The van der Waals surface area contributed by atoms with Crippen molar-refractivity contribution >= 4 is 28.5 Å². The smallest absolute Gasteiger partial charge is 0.416 e. The quantitative estimate of drug-likeness (QED) is 0.803. The van der Waals surface area contributed by atoms with Gasteiger partial charge in [0.25, 0.3) is 0 Å². The molecular formula is C20H18F3NO3S. The maximum Gasteiger partial charge on any atom is 0.416 e. The minimum absolute atomic E-state index is 0.190. The number of methoxy groups -OCH3 is 1. The Labute approximate surface area is 164 Å². The number of carbonyl (C=O) groups excluding carboxylic acids is 2. The molecule has 0 aliphatic carbocycles. The molecule has 28 heavy (non-hydrogen) atoms. The molecule has 0 saturated carbocycles. The predicted octanol–water partition coefficient (Wildman–Crippen LogP) is 4.64. The van der Waals surface area contributed by atoms with Gasteiger partial charge in [-0.3, -0.25) is 9.59 Å². The van der Waals surface area contributed by atoms with Gasteiger partial charge < -0.3 is 10.1 Å². The minimum atomic E-state index is -4.48. The van der Waals surface area contributed by atoms with E-state index in [9.17, 15) is 22.8 Å². The topological polar surface area (TPSA) is 55.4 Å². The summed E-state index contributed by atoms with van der Waals surface area (Å²) in [6, 6.07) is 10.3. The molecule has 0 unspecified atom stereocenters. The fourth-order valence-corrected chi connectivity index (χ4v) is 4.19. The first-order chi connectivity index (χ1) is 13.2. The molecule has 1 aliphatic heterocycles. The lowest BCUT2D eigenvalue weighted by Crippen LogP contribution is -2.30. The third kappa shape index (κ3) is 4.32. The first kappa shape index (κ1) is 20.3. The van der Waals surface area contributed by atoms with Gasteiger partial charge in [-0.15, -0.1) is 0 Å². The Bertz CT molecular complexity index is 897. The maximum atomic E-state index is 13.1. The Morgan fingerprint density at radius 1 is 1.18 bits per heavy atom. The number of carbonyl (C=O) groups is 2. The van der Waals surface area contributed by atoms with Crippen molar-refractivity contribution < 1.29 is 27.5 Å². The monoisotopic (exact) mass is 409 g/mol. The maximum absolute atomic E-state index is 13.1. The van der Waals surface area contributed by atoms with E-state index in [4.69, 9.17) is 4.74 Å². The van der Waals surface area contributed by atoms with Crippen molar-refractivity contribution in [3.8, 4) is 5.75 Å². The zero-order valence-corrected chi connectivity index (χ0v) is 16.0. The van der Waals surface area contributed by atoms with Crippen LogP contribution in [-0.2, 0) is 22.2 Å². The van der Waals surface area contributed by atoms with E-state index in [0.717, 1.165) is 29.5 Å². The Kier molecular flexibility index (Phi) is 5.69. The normalized spacial score (nSPS) is 19.4. The predicted molar refractivity (Wildman–Crippen MR) is 102 cm³/mol. The fourth-order valence-electron chi connectivity index (χ4n) is 3.25. The molecule has 3 rings (SSSR count). The van der Waals surface area contributed by atoms with Crippen molar-refractivity contribution in [2.24, 2.45) is 0 Å². The van der Waals surface area contributed by atoms with Crippen LogP contribution in [0.5, 0.6) is 5.75 Å². The second-order valence-electron chi connectivity index (χ2n) is 6.47. The molecule has 0 bridgehead atoms. The Morgan fingerprint density at radius 2 is 1.86 bits per heavy atom. The molecule has 1 aliphatic rings. The van der Waals surface area contributed by atoms with Gasteiger partial charge in [0.05, 0.1) is 17.9 Å². The van der Waals surface area contributed by atoms with Gasteiger partial charge in [0.1, 0.15) is 5.75 Å². The number of nitrogens with one attached hydrogen (secondary N) is 1. The summed E-state index contributed by atoms with van der Waals surface area (Å²) in [7, 11) is 1.53. The summed E-state index contributed by atoms with van der Waals surface area (Å²) in [5.41, 5.74) is 0.699. The van der Waals surface area contributed by atoms with Crippen LogP contribution in [0.2, 0.25) is 0 Å². The van der Waals surface area contributed by atoms with E-state index in [2.05, 4.69) is 5.32 Å². The molecule has 1 heterocycles. The lowest BCUT2D eigenvalue weighted by Gasteiger charge is -2.23. The van der Waals surface area contributed by atoms with Crippen LogP contribution in [0.1, 0.15) is 29.5 Å². The molecule has 0 spiro atoms. The molecule has 0 aromatic heterocycles. The van der Waals surface area contributed by atoms with Crippen LogP contribution < -0.4 is 10.1 Å². The molecule has 0 saturated heterocycles. The van der Waals surface area contributed by atoms with E-state index in [0.29, 0.717) is 17.0 Å². The van der Waals surface area contributed by atoms with E-state index in [1.54, 1.807) is 24.3 Å². The summed E-state index contributed by atoms with van der Waals surface area (Å²) in [6.07, 6.45) is -4.29. The van der Waals surface area contributed by atoms with Gasteiger partial charge in [0, 0.05) is 18.5 Å². The Balaban J connectivity index is 2.06. The number of anilines is 1. The number of benzene rings is 2. The van der Waals surface area contributed by atoms with Crippen molar-refractivity contribution in [2.75, 3.05) is 12.4 Å². The summed E-state index contributed by atoms with van der Waals surface area (Å²) < 4.78 is 44.6. The van der Waals surface area contributed by atoms with E-state index in [1.807, 2.05) is 0 Å². The first-order valence-corrected chi connectivity index (χ1v) is 9.39. The van der Waals surface area contributed by atoms with Gasteiger partial charge in [-0.2, -0.15) is 13.2 Å². The number of ether oxygens (including phenoxy) is 1. The van der Waals surface area contributed by atoms with Crippen molar-refractivity contribution in [3.05, 3.63) is 59.2 Å². The van der Waals surface area contributed by atoms with Gasteiger partial charge >= 0.3 is 6.18 Å². The van der Waals surface area contributed by atoms with Crippen LogP contribution in [0.25, 0.3) is 0 Å². The van der Waals surface area contributed by atoms with Crippen molar-refractivity contribution in [1.82, 2.24) is 0 Å². The highest BCUT2D eigenvalue weighted by molar-refractivity contribution is 8.14. The number of hydrogen-bond donors (Lipinski definition) is 1. The highest BCUT2D eigenvalue weighted by Crippen LogP contribution is 2.40. The zero-order chi connectivity index (χ0) is 20.5. The SMILES string of the molecule is COc1ccc([C@@H]2Cc3cc(C(F)(F)F)ccc3NC(=O)[C@@H]2SC(C)=O)cc1. The van der Waals surface area contributed by atoms with Gasteiger partial charge in [-0.05, 0) is 47.9 Å². The van der Waals surface area contributed by atoms with Gasteiger partial charge in [-0.25, -0.2) is 0 Å². The van der Waals surface area contributed by atoms with Gasteiger partial charge in [0.15, 0.2) is 5.12 Å². The lowest BCUT2D eigenvalue weighted by molar-refractivity contribution is -0.137. The Hall–Kier alpha value is -2.48. The Morgan fingerprint density at radius 3 is 2.43 bits per heavy atom. The molecule has 2 aromatic rings. The van der Waals surface area contributed by atoms with Crippen molar-refractivity contribution in [1.29, 1.82) is 0 Å². The largest absolute Gasteiger partial charge is 0.497 e. The number of rotatable bonds is 3. The minimum Gasteiger partial charge on any atom is -0.497 e. The molecule has 2 atom stereocenters. The lowest BCUT2D eigenvalue weighted by atomic mass is 9.88. The first-order valence-electron chi connectivity index (χ1n) is 8.51. The van der Waals surface area contributed by atoms with Crippen molar-refractivity contribution in [2.45, 2.75) is 30.7 Å². The second-order valence-corrected chi connectivity index (χ2v) is 7.79. The van der Waals surface area contributed by atoms with E-state index in [1.165, 1.54) is 20.1 Å². The highest BCUT2D eigenvalue weighted by atomic mass is 32.2. The summed E-state index contributed by atoms with van der Waals surface area (Å²) in [4.78, 5) is 24.5. The summed E-state index contributed by atoms with van der Waals surface area (Å²) >= 11 is 0.886. The van der Waals surface area contributed by atoms with Gasteiger partial charge in [-0.1, -0.05) is 23.9 Å². The third-order valence-corrected chi connectivity index (χ3v) is 5.72. The van der Waals surface area contributed by atoms with Crippen LogP contribution in [0, 0.1) is 0 Å². The van der Waals surface area contributed by atoms with Crippen LogP contribution in [-0.4, -0.2) is 23.4 Å². The summed E-state index contributed by atoms with van der Waals surface area (Å²) in [5, 5.41) is 1.68. The fraction of sp³-hybridized carbons (Fsp3) is 0.300. The molecular weight excluding hydrogens is 391 g/mol. The molecule has 8 heteroatoms. The molecule has 0 radical (unpaired) electrons. The average Bonchev–Trinajstić information content (AvgIpc) is 2.77. The number of amides is 1. The second kappa shape index (κ2) is 7.87. The summed E-state index contributed by atoms with van der Waals surface area (Å²) in [6.45, 7) is 1.36. The average molecular weight is 409 g/mol.